The fourth-order valence-electron chi connectivity index (χ4n) is 3.11. The number of amides is 2. The maximum Gasteiger partial charge on any atom is 0.268 e. The molecule has 1 heterocycles. The topological polar surface area (TPSA) is 76.7 Å². The molecule has 0 atom stereocenters. The molecule has 0 saturated heterocycles. The van der Waals surface area contributed by atoms with Crippen LogP contribution in [0.4, 0.5) is 0 Å². The van der Waals surface area contributed by atoms with Crippen LogP contribution in [0.3, 0.4) is 0 Å². The van der Waals surface area contributed by atoms with E-state index in [0.717, 1.165) is 16.0 Å². The van der Waals surface area contributed by atoms with Crippen LogP contribution in [0.1, 0.15) is 40.2 Å². The first-order chi connectivity index (χ1) is 15.9. The molecular formula is C26H28N2O4S. The highest BCUT2D eigenvalue weighted by atomic mass is 32.1. The van der Waals surface area contributed by atoms with Crippen LogP contribution in [0, 0.1) is 6.92 Å². The summed E-state index contributed by atoms with van der Waals surface area (Å²) >= 11 is 1.48. The van der Waals surface area contributed by atoms with Crippen LogP contribution in [0.15, 0.2) is 65.7 Å². The van der Waals surface area contributed by atoms with Gasteiger partial charge in [0.2, 0.25) is 0 Å². The highest BCUT2D eigenvalue weighted by Gasteiger charge is 2.16. The molecular weight excluding hydrogens is 436 g/mol. The number of carbonyl (C=O) groups excluding carboxylic acids is 2. The van der Waals surface area contributed by atoms with Crippen LogP contribution in [0.5, 0.6) is 11.5 Å². The minimum atomic E-state index is -0.383. The number of thiophene rings is 1. The summed E-state index contributed by atoms with van der Waals surface area (Å²) in [7, 11) is 1.58. The van der Waals surface area contributed by atoms with E-state index in [2.05, 4.69) is 10.6 Å². The molecule has 0 spiro atoms. The van der Waals surface area contributed by atoms with Gasteiger partial charge in [-0.25, -0.2) is 0 Å². The zero-order chi connectivity index (χ0) is 23.8. The molecule has 6 nitrogen and oxygen atoms in total. The molecule has 0 aliphatic carbocycles. The van der Waals surface area contributed by atoms with Gasteiger partial charge in [-0.1, -0.05) is 29.8 Å². The predicted molar refractivity (Wildman–Crippen MR) is 132 cm³/mol. The van der Waals surface area contributed by atoms with Crippen LogP contribution in [0.25, 0.3) is 6.08 Å². The van der Waals surface area contributed by atoms with Gasteiger partial charge in [0.25, 0.3) is 11.8 Å². The molecule has 0 unspecified atom stereocenters. The fraction of sp³-hybridized carbons (Fsp3) is 0.231. The zero-order valence-electron chi connectivity index (χ0n) is 19.2. The molecule has 0 fully saturated rings. The first-order valence-electron chi connectivity index (χ1n) is 10.6. The van der Waals surface area contributed by atoms with Crippen molar-refractivity contribution in [3.8, 4) is 11.5 Å². The number of ether oxygens (including phenoxy) is 2. The zero-order valence-corrected chi connectivity index (χ0v) is 20.0. The average molecular weight is 465 g/mol. The van der Waals surface area contributed by atoms with Crippen LogP contribution in [-0.2, 0) is 11.3 Å². The van der Waals surface area contributed by atoms with Crippen molar-refractivity contribution in [2.75, 3.05) is 7.11 Å². The van der Waals surface area contributed by atoms with E-state index in [4.69, 9.17) is 9.47 Å². The summed E-state index contributed by atoms with van der Waals surface area (Å²) in [6, 6.07) is 16.5. The molecule has 0 radical (unpaired) electrons. The molecule has 0 saturated carbocycles. The second kappa shape index (κ2) is 11.3. The molecule has 0 bridgehead atoms. The van der Waals surface area contributed by atoms with Gasteiger partial charge in [-0.3, -0.25) is 9.59 Å². The van der Waals surface area contributed by atoms with E-state index >= 15 is 0 Å². The van der Waals surface area contributed by atoms with Gasteiger partial charge in [0.15, 0.2) is 11.5 Å². The Labute approximate surface area is 198 Å². The molecule has 2 aromatic carbocycles. The van der Waals surface area contributed by atoms with Crippen molar-refractivity contribution >= 4 is 29.2 Å². The van der Waals surface area contributed by atoms with Gasteiger partial charge >= 0.3 is 0 Å². The molecule has 172 valence electrons. The van der Waals surface area contributed by atoms with Crippen LogP contribution in [-0.4, -0.2) is 25.0 Å². The SMILES string of the molecule is COc1cc(CNC(=O)/C(=C/c2cccs2)NC(=O)c2cccc(C)c2)ccc1OC(C)C. The number of rotatable bonds is 9. The van der Waals surface area contributed by atoms with Gasteiger partial charge in [-0.2, -0.15) is 0 Å². The van der Waals surface area contributed by atoms with E-state index in [-0.39, 0.29) is 30.2 Å². The molecule has 3 rings (SSSR count). The summed E-state index contributed by atoms with van der Waals surface area (Å²) < 4.78 is 11.2. The molecule has 2 amide bonds. The Kier molecular flexibility index (Phi) is 8.27. The molecule has 1 aromatic heterocycles. The first-order valence-corrected chi connectivity index (χ1v) is 11.5. The van der Waals surface area contributed by atoms with Gasteiger partial charge in [0, 0.05) is 17.0 Å². The third kappa shape index (κ3) is 6.95. The maximum atomic E-state index is 13.0. The average Bonchev–Trinajstić information content (AvgIpc) is 3.30. The number of aryl methyl sites for hydroxylation is 1. The van der Waals surface area contributed by atoms with Gasteiger partial charge in [0.1, 0.15) is 5.70 Å². The van der Waals surface area contributed by atoms with E-state index in [1.54, 1.807) is 25.3 Å². The van der Waals surface area contributed by atoms with Gasteiger partial charge in [-0.15, -0.1) is 11.3 Å². The Morgan fingerprint density at radius 3 is 2.55 bits per heavy atom. The van der Waals surface area contributed by atoms with Crippen molar-refractivity contribution in [2.45, 2.75) is 33.4 Å². The highest BCUT2D eigenvalue weighted by Crippen LogP contribution is 2.29. The molecule has 3 aromatic rings. The van der Waals surface area contributed by atoms with E-state index in [9.17, 15) is 9.59 Å². The van der Waals surface area contributed by atoms with E-state index in [0.29, 0.717) is 17.1 Å². The predicted octanol–water partition coefficient (Wildman–Crippen LogP) is 4.94. The normalized spacial score (nSPS) is 11.2. The summed E-state index contributed by atoms with van der Waals surface area (Å²) in [6.45, 7) is 6.07. The Hall–Kier alpha value is -3.58. The monoisotopic (exact) mass is 464 g/mol. The summed E-state index contributed by atoms with van der Waals surface area (Å²) in [5.74, 6) is 0.517. The minimum absolute atomic E-state index is 0.0198. The summed E-state index contributed by atoms with van der Waals surface area (Å²) in [5.41, 5.74) is 2.48. The number of benzene rings is 2. The van der Waals surface area contributed by atoms with Crippen molar-refractivity contribution in [3.05, 3.63) is 87.2 Å². The molecule has 0 aliphatic heterocycles. The van der Waals surface area contributed by atoms with Crippen molar-refractivity contribution in [1.29, 1.82) is 0 Å². The van der Waals surface area contributed by atoms with E-state index in [1.165, 1.54) is 11.3 Å². The van der Waals surface area contributed by atoms with Crippen molar-refractivity contribution in [2.24, 2.45) is 0 Å². The second-order valence-corrected chi connectivity index (χ2v) is 8.71. The lowest BCUT2D eigenvalue weighted by Gasteiger charge is -2.15. The van der Waals surface area contributed by atoms with Crippen LogP contribution < -0.4 is 20.1 Å². The molecule has 2 N–H and O–H groups in total. The summed E-state index contributed by atoms with van der Waals surface area (Å²) in [4.78, 5) is 26.6. The van der Waals surface area contributed by atoms with Crippen molar-refractivity contribution < 1.29 is 19.1 Å². The Morgan fingerprint density at radius 2 is 1.88 bits per heavy atom. The largest absolute Gasteiger partial charge is 0.493 e. The second-order valence-electron chi connectivity index (χ2n) is 7.73. The molecule has 33 heavy (non-hydrogen) atoms. The van der Waals surface area contributed by atoms with Crippen molar-refractivity contribution in [3.63, 3.8) is 0 Å². The lowest BCUT2D eigenvalue weighted by atomic mass is 10.1. The van der Waals surface area contributed by atoms with Crippen LogP contribution >= 0.6 is 11.3 Å². The third-order valence-electron chi connectivity index (χ3n) is 4.65. The van der Waals surface area contributed by atoms with Gasteiger partial charge < -0.3 is 20.1 Å². The maximum absolute atomic E-state index is 13.0. The Bertz CT molecular complexity index is 1140. The van der Waals surface area contributed by atoms with Gasteiger partial charge in [-0.05, 0) is 68.1 Å². The van der Waals surface area contributed by atoms with E-state index in [1.807, 2.05) is 68.6 Å². The third-order valence-corrected chi connectivity index (χ3v) is 5.47. The quantitative estimate of drug-likeness (QED) is 0.440. The Morgan fingerprint density at radius 1 is 1.06 bits per heavy atom. The number of nitrogens with one attached hydrogen (secondary N) is 2. The standard InChI is InChI=1S/C26H28N2O4S/c1-17(2)32-23-11-10-19(14-24(23)31-4)16-27-26(30)22(15-21-9-6-12-33-21)28-25(29)20-8-5-7-18(3)13-20/h5-15,17H,16H2,1-4H3,(H,27,30)(H,28,29)/b22-15-. The number of hydrogen-bond donors (Lipinski definition) is 2. The smallest absolute Gasteiger partial charge is 0.268 e. The highest BCUT2D eigenvalue weighted by molar-refractivity contribution is 7.10. The van der Waals surface area contributed by atoms with Crippen LogP contribution in [0.2, 0.25) is 0 Å². The lowest BCUT2D eigenvalue weighted by molar-refractivity contribution is -0.117. The minimum Gasteiger partial charge on any atom is -0.493 e. The van der Waals surface area contributed by atoms with Gasteiger partial charge in [0.05, 0.1) is 13.2 Å². The van der Waals surface area contributed by atoms with Crippen molar-refractivity contribution in [1.82, 2.24) is 10.6 Å². The lowest BCUT2D eigenvalue weighted by Crippen LogP contribution is -2.34. The number of hydrogen-bond acceptors (Lipinski definition) is 5. The molecule has 0 aliphatic rings. The number of carbonyl (C=O) groups is 2. The Balaban J connectivity index is 1.75. The molecule has 7 heteroatoms. The van der Waals surface area contributed by atoms with E-state index < -0.39 is 0 Å². The summed E-state index contributed by atoms with van der Waals surface area (Å²) in [6.07, 6.45) is 1.69. The fourth-order valence-corrected chi connectivity index (χ4v) is 3.76. The summed E-state index contributed by atoms with van der Waals surface area (Å²) in [5, 5.41) is 7.55. The number of methoxy groups -OCH3 is 1. The first kappa shape index (κ1) is 24.1.